The Morgan fingerprint density at radius 2 is 2.31 bits per heavy atom. The first-order chi connectivity index (χ1) is 12.8. The number of piperidine rings is 1. The highest BCUT2D eigenvalue weighted by atomic mass is 32.1. The summed E-state index contributed by atoms with van der Waals surface area (Å²) >= 11 is 1.70. The van der Waals surface area contributed by atoms with Gasteiger partial charge in [0, 0.05) is 19.2 Å². The van der Waals surface area contributed by atoms with Gasteiger partial charge in [-0.25, -0.2) is 0 Å². The van der Waals surface area contributed by atoms with E-state index in [1.807, 2.05) is 0 Å². The van der Waals surface area contributed by atoms with Crippen molar-refractivity contribution >= 4 is 17.2 Å². The maximum atomic E-state index is 13.0. The van der Waals surface area contributed by atoms with Gasteiger partial charge in [-0.1, -0.05) is 0 Å². The highest BCUT2D eigenvalue weighted by Crippen LogP contribution is 2.56. The van der Waals surface area contributed by atoms with Crippen molar-refractivity contribution in [1.29, 1.82) is 0 Å². The molecule has 26 heavy (non-hydrogen) atoms. The molecule has 2 unspecified atom stereocenters. The lowest BCUT2D eigenvalue weighted by Gasteiger charge is -2.29. The van der Waals surface area contributed by atoms with Crippen LogP contribution in [0.25, 0.3) is 0 Å². The lowest BCUT2D eigenvalue weighted by atomic mass is 9.93. The van der Waals surface area contributed by atoms with Gasteiger partial charge in [-0.2, -0.15) is 11.3 Å². The standard InChI is InChI=1S/C20H30N2O3S/c23-19(3-10-24-14-17-2-1-9-25-17)22(13-16-4-11-26-15-16)18-12-20(18)5-7-21-8-6-20/h4,11,15,17-18,21H,1-3,5-10,12-14H2. The van der Waals surface area contributed by atoms with Crippen LogP contribution in [-0.2, 0) is 20.8 Å². The Labute approximate surface area is 160 Å². The Bertz CT molecular complexity index is 580. The molecule has 1 aromatic rings. The minimum Gasteiger partial charge on any atom is -0.378 e. The molecular formula is C20H30N2O3S. The van der Waals surface area contributed by atoms with Crippen LogP contribution in [0.3, 0.4) is 0 Å². The van der Waals surface area contributed by atoms with E-state index < -0.39 is 0 Å². The van der Waals surface area contributed by atoms with Gasteiger partial charge in [0.15, 0.2) is 0 Å². The summed E-state index contributed by atoms with van der Waals surface area (Å²) in [5, 5.41) is 7.70. The van der Waals surface area contributed by atoms with Crippen LogP contribution < -0.4 is 5.32 Å². The minimum atomic E-state index is 0.230. The molecule has 2 saturated heterocycles. The van der Waals surface area contributed by atoms with Gasteiger partial charge in [-0.15, -0.1) is 0 Å². The van der Waals surface area contributed by atoms with E-state index in [0.29, 0.717) is 31.1 Å². The molecule has 3 aliphatic rings. The van der Waals surface area contributed by atoms with E-state index in [4.69, 9.17) is 9.47 Å². The highest BCUT2D eigenvalue weighted by molar-refractivity contribution is 7.07. The first-order valence-corrected chi connectivity index (χ1v) is 10.9. The van der Waals surface area contributed by atoms with Crippen molar-refractivity contribution in [2.24, 2.45) is 5.41 Å². The largest absolute Gasteiger partial charge is 0.378 e. The van der Waals surface area contributed by atoms with Crippen LogP contribution in [0.1, 0.15) is 44.1 Å². The zero-order chi connectivity index (χ0) is 17.8. The molecule has 0 aromatic carbocycles. The molecule has 0 radical (unpaired) electrons. The van der Waals surface area contributed by atoms with Gasteiger partial charge in [0.2, 0.25) is 5.91 Å². The minimum absolute atomic E-state index is 0.230. The Balaban J connectivity index is 1.31. The third-order valence-corrected chi connectivity index (χ3v) is 6.90. The normalized spacial score (nSPS) is 26.9. The molecule has 4 rings (SSSR count). The Kier molecular flexibility index (Phi) is 5.93. The number of ether oxygens (including phenoxy) is 2. The average molecular weight is 379 g/mol. The molecule has 2 aliphatic heterocycles. The second kappa shape index (κ2) is 8.38. The summed E-state index contributed by atoms with van der Waals surface area (Å²) in [6.45, 7) is 4.88. The second-order valence-electron chi connectivity index (χ2n) is 7.95. The number of hydrogen-bond acceptors (Lipinski definition) is 5. The summed E-state index contributed by atoms with van der Waals surface area (Å²) in [4.78, 5) is 15.1. The topological polar surface area (TPSA) is 50.8 Å². The van der Waals surface area contributed by atoms with E-state index in [1.165, 1.54) is 24.8 Å². The average Bonchev–Trinajstić information content (AvgIpc) is 3.09. The van der Waals surface area contributed by atoms with Crippen molar-refractivity contribution in [2.75, 3.05) is 32.9 Å². The zero-order valence-electron chi connectivity index (χ0n) is 15.5. The van der Waals surface area contributed by atoms with Crippen molar-refractivity contribution < 1.29 is 14.3 Å². The van der Waals surface area contributed by atoms with E-state index in [-0.39, 0.29) is 12.0 Å². The number of amides is 1. The summed E-state index contributed by atoms with van der Waals surface area (Å²) in [6, 6.07) is 2.55. The maximum Gasteiger partial charge on any atom is 0.225 e. The van der Waals surface area contributed by atoms with E-state index in [2.05, 4.69) is 27.0 Å². The maximum absolute atomic E-state index is 13.0. The van der Waals surface area contributed by atoms with Crippen molar-refractivity contribution in [3.63, 3.8) is 0 Å². The fourth-order valence-corrected chi connectivity index (χ4v) is 5.13. The van der Waals surface area contributed by atoms with Gasteiger partial charge in [0.05, 0.1) is 25.7 Å². The van der Waals surface area contributed by atoms with Crippen molar-refractivity contribution in [2.45, 2.75) is 57.2 Å². The Hall–Kier alpha value is -0.950. The molecule has 6 heteroatoms. The van der Waals surface area contributed by atoms with Gasteiger partial charge in [0.25, 0.3) is 0 Å². The van der Waals surface area contributed by atoms with Gasteiger partial charge in [0.1, 0.15) is 0 Å². The lowest BCUT2D eigenvalue weighted by Crippen LogP contribution is -2.39. The third-order valence-electron chi connectivity index (χ3n) is 6.16. The fraction of sp³-hybridized carbons (Fsp3) is 0.750. The Morgan fingerprint density at radius 1 is 1.42 bits per heavy atom. The first kappa shape index (κ1) is 18.4. The quantitative estimate of drug-likeness (QED) is 0.707. The molecule has 1 N–H and O–H groups in total. The molecule has 0 bridgehead atoms. The summed E-state index contributed by atoms with van der Waals surface area (Å²) in [6.07, 6.45) is 6.47. The van der Waals surface area contributed by atoms with Gasteiger partial charge >= 0.3 is 0 Å². The number of carbonyl (C=O) groups excluding carboxylic acids is 1. The number of carbonyl (C=O) groups is 1. The molecule has 5 nitrogen and oxygen atoms in total. The van der Waals surface area contributed by atoms with Gasteiger partial charge in [-0.3, -0.25) is 4.79 Å². The van der Waals surface area contributed by atoms with Crippen LogP contribution in [0.15, 0.2) is 16.8 Å². The molecule has 1 spiro atoms. The van der Waals surface area contributed by atoms with Crippen LogP contribution in [0.2, 0.25) is 0 Å². The lowest BCUT2D eigenvalue weighted by molar-refractivity contribution is -0.134. The van der Waals surface area contributed by atoms with Crippen LogP contribution in [0.4, 0.5) is 0 Å². The number of thiophene rings is 1. The summed E-state index contributed by atoms with van der Waals surface area (Å²) in [5.41, 5.74) is 1.62. The second-order valence-corrected chi connectivity index (χ2v) is 8.73. The summed E-state index contributed by atoms with van der Waals surface area (Å²) in [5.74, 6) is 0.240. The van der Waals surface area contributed by atoms with E-state index in [0.717, 1.165) is 39.1 Å². The summed E-state index contributed by atoms with van der Waals surface area (Å²) in [7, 11) is 0. The van der Waals surface area contributed by atoms with E-state index in [1.54, 1.807) is 11.3 Å². The predicted molar refractivity (Wildman–Crippen MR) is 102 cm³/mol. The molecule has 1 saturated carbocycles. The fourth-order valence-electron chi connectivity index (χ4n) is 4.47. The van der Waals surface area contributed by atoms with Gasteiger partial charge in [-0.05, 0) is 73.0 Å². The van der Waals surface area contributed by atoms with Crippen LogP contribution in [-0.4, -0.2) is 55.9 Å². The third kappa shape index (κ3) is 4.30. The van der Waals surface area contributed by atoms with Crippen molar-refractivity contribution in [3.8, 4) is 0 Å². The molecule has 3 heterocycles. The first-order valence-electron chi connectivity index (χ1n) is 9.97. The van der Waals surface area contributed by atoms with Crippen LogP contribution >= 0.6 is 11.3 Å². The molecule has 1 aromatic heterocycles. The van der Waals surface area contributed by atoms with E-state index >= 15 is 0 Å². The molecule has 3 fully saturated rings. The van der Waals surface area contributed by atoms with Crippen molar-refractivity contribution in [1.82, 2.24) is 10.2 Å². The number of rotatable bonds is 8. The van der Waals surface area contributed by atoms with Gasteiger partial charge < -0.3 is 19.7 Å². The monoisotopic (exact) mass is 378 g/mol. The molecular weight excluding hydrogens is 348 g/mol. The van der Waals surface area contributed by atoms with Crippen molar-refractivity contribution in [3.05, 3.63) is 22.4 Å². The molecule has 144 valence electrons. The number of hydrogen-bond donors (Lipinski definition) is 1. The molecule has 1 aliphatic carbocycles. The number of nitrogens with one attached hydrogen (secondary N) is 1. The molecule has 2 atom stereocenters. The van der Waals surface area contributed by atoms with Crippen LogP contribution in [0.5, 0.6) is 0 Å². The smallest absolute Gasteiger partial charge is 0.225 e. The predicted octanol–water partition coefficient (Wildman–Crippen LogP) is 2.80. The Morgan fingerprint density at radius 3 is 3.04 bits per heavy atom. The van der Waals surface area contributed by atoms with E-state index in [9.17, 15) is 4.79 Å². The highest BCUT2D eigenvalue weighted by Gasteiger charge is 2.57. The SMILES string of the molecule is O=C(CCOCC1CCCO1)N(Cc1ccsc1)C1CC12CCNCC2. The zero-order valence-corrected chi connectivity index (χ0v) is 16.3. The summed E-state index contributed by atoms with van der Waals surface area (Å²) < 4.78 is 11.3. The molecule has 1 amide bonds. The number of nitrogens with zero attached hydrogens (tertiary/aromatic N) is 1. The van der Waals surface area contributed by atoms with Crippen LogP contribution in [0, 0.1) is 5.41 Å².